The van der Waals surface area contributed by atoms with Crippen molar-refractivity contribution in [2.45, 2.75) is 6.42 Å². The number of carbonyl (C=O) groups is 1. The van der Waals surface area contributed by atoms with Gasteiger partial charge in [0.15, 0.2) is 0 Å². The summed E-state index contributed by atoms with van der Waals surface area (Å²) in [6.07, 6.45) is 8.77. The molecule has 0 radical (unpaired) electrons. The highest BCUT2D eigenvalue weighted by atomic mass is 16.3. The molecule has 0 unspecified atom stereocenters. The number of rotatable bonds is 5. The molecule has 2 aromatic rings. The van der Waals surface area contributed by atoms with Crippen LogP contribution in [-0.2, 0) is 11.2 Å². The van der Waals surface area contributed by atoms with Crippen molar-refractivity contribution in [2.24, 2.45) is 0 Å². The Kier molecular flexibility index (Phi) is 3.75. The molecular weight excluding hydrogens is 218 g/mol. The zero-order valence-corrected chi connectivity index (χ0v) is 9.22. The summed E-state index contributed by atoms with van der Waals surface area (Å²) in [6, 6.07) is 3.56. The highest BCUT2D eigenvalue weighted by molar-refractivity contribution is 5.91. The van der Waals surface area contributed by atoms with Gasteiger partial charge >= 0.3 is 0 Å². The van der Waals surface area contributed by atoms with Gasteiger partial charge in [-0.3, -0.25) is 4.79 Å². The summed E-state index contributed by atoms with van der Waals surface area (Å²) in [4.78, 5) is 18.4. The van der Waals surface area contributed by atoms with Crippen LogP contribution in [0.3, 0.4) is 0 Å². The molecule has 0 bridgehead atoms. The van der Waals surface area contributed by atoms with Gasteiger partial charge in [-0.25, -0.2) is 4.98 Å². The van der Waals surface area contributed by atoms with E-state index in [-0.39, 0.29) is 5.91 Å². The second kappa shape index (κ2) is 5.69. The number of nitrogens with zero attached hydrogens (tertiary/aromatic N) is 1. The maximum absolute atomic E-state index is 11.4. The van der Waals surface area contributed by atoms with Crippen LogP contribution < -0.4 is 5.32 Å². The predicted molar refractivity (Wildman–Crippen MR) is 63.0 cm³/mol. The Bertz CT molecular complexity index is 472. The van der Waals surface area contributed by atoms with Crippen LogP contribution in [0, 0.1) is 0 Å². The van der Waals surface area contributed by atoms with E-state index in [9.17, 15) is 4.79 Å². The second-order valence-corrected chi connectivity index (χ2v) is 3.43. The van der Waals surface area contributed by atoms with Crippen LogP contribution in [0.25, 0.3) is 6.08 Å². The van der Waals surface area contributed by atoms with Gasteiger partial charge < -0.3 is 14.7 Å². The van der Waals surface area contributed by atoms with Crippen LogP contribution in [0.5, 0.6) is 0 Å². The van der Waals surface area contributed by atoms with Gasteiger partial charge in [0.25, 0.3) is 0 Å². The minimum absolute atomic E-state index is 0.145. The second-order valence-electron chi connectivity index (χ2n) is 3.43. The van der Waals surface area contributed by atoms with Gasteiger partial charge in [-0.1, -0.05) is 0 Å². The van der Waals surface area contributed by atoms with Crippen LogP contribution in [0.1, 0.15) is 11.6 Å². The predicted octanol–water partition coefficient (Wildman–Crippen LogP) is 1.37. The van der Waals surface area contributed by atoms with Crippen LogP contribution in [0.15, 0.2) is 41.3 Å². The number of nitrogens with one attached hydrogen (secondary N) is 2. The van der Waals surface area contributed by atoms with Crippen molar-refractivity contribution >= 4 is 12.0 Å². The first kappa shape index (κ1) is 11.2. The lowest BCUT2D eigenvalue weighted by Gasteiger charge is -1.99. The summed E-state index contributed by atoms with van der Waals surface area (Å²) < 4.78 is 5.07. The number of imidazole rings is 1. The largest absolute Gasteiger partial charge is 0.465 e. The molecule has 0 fully saturated rings. The van der Waals surface area contributed by atoms with Gasteiger partial charge in [-0.2, -0.15) is 0 Å². The van der Waals surface area contributed by atoms with Crippen molar-refractivity contribution < 1.29 is 9.21 Å². The molecule has 5 nitrogen and oxygen atoms in total. The van der Waals surface area contributed by atoms with E-state index in [0.717, 1.165) is 5.82 Å². The summed E-state index contributed by atoms with van der Waals surface area (Å²) in [7, 11) is 0. The van der Waals surface area contributed by atoms with Crippen molar-refractivity contribution in [3.63, 3.8) is 0 Å². The maximum Gasteiger partial charge on any atom is 0.244 e. The van der Waals surface area contributed by atoms with Crippen LogP contribution in [0.2, 0.25) is 0 Å². The van der Waals surface area contributed by atoms with Gasteiger partial charge in [0.2, 0.25) is 5.91 Å². The monoisotopic (exact) mass is 231 g/mol. The summed E-state index contributed by atoms with van der Waals surface area (Å²) >= 11 is 0. The Morgan fingerprint density at radius 1 is 1.59 bits per heavy atom. The minimum Gasteiger partial charge on any atom is -0.465 e. The smallest absolute Gasteiger partial charge is 0.244 e. The molecular formula is C12H13N3O2. The lowest BCUT2D eigenvalue weighted by Crippen LogP contribution is -2.23. The first-order chi connectivity index (χ1) is 8.34. The number of hydrogen-bond acceptors (Lipinski definition) is 3. The molecule has 0 saturated carbocycles. The number of aromatic nitrogens is 2. The van der Waals surface area contributed by atoms with Gasteiger partial charge in [0, 0.05) is 31.4 Å². The standard InChI is InChI=1S/C12H13N3O2/c16-12(4-3-10-2-1-9-17-10)15-6-5-11-13-7-8-14-11/h1-4,7-9H,5-6H2,(H,13,14)(H,15,16)/b4-3+. The Hall–Kier alpha value is -2.30. The van der Waals surface area contributed by atoms with Crippen molar-refractivity contribution in [1.82, 2.24) is 15.3 Å². The molecule has 0 aliphatic heterocycles. The maximum atomic E-state index is 11.4. The molecule has 2 N–H and O–H groups in total. The van der Waals surface area contributed by atoms with E-state index < -0.39 is 0 Å². The third-order valence-corrected chi connectivity index (χ3v) is 2.16. The van der Waals surface area contributed by atoms with E-state index in [1.807, 2.05) is 0 Å². The molecule has 0 atom stereocenters. The molecule has 0 aliphatic carbocycles. The topological polar surface area (TPSA) is 70.9 Å². The van der Waals surface area contributed by atoms with Crippen LogP contribution >= 0.6 is 0 Å². The molecule has 2 aromatic heterocycles. The highest BCUT2D eigenvalue weighted by Crippen LogP contribution is 2.01. The third-order valence-electron chi connectivity index (χ3n) is 2.16. The van der Waals surface area contributed by atoms with E-state index in [0.29, 0.717) is 18.7 Å². The fourth-order valence-electron chi connectivity index (χ4n) is 1.34. The zero-order valence-electron chi connectivity index (χ0n) is 9.22. The molecule has 1 amide bonds. The quantitative estimate of drug-likeness (QED) is 0.763. The molecule has 88 valence electrons. The Morgan fingerprint density at radius 2 is 2.53 bits per heavy atom. The SMILES string of the molecule is O=C(/C=C/c1ccco1)NCCc1ncc[nH]1. The first-order valence-electron chi connectivity index (χ1n) is 5.32. The Labute approximate surface area is 98.6 Å². The Morgan fingerprint density at radius 3 is 3.24 bits per heavy atom. The van der Waals surface area contributed by atoms with E-state index >= 15 is 0 Å². The summed E-state index contributed by atoms with van der Waals surface area (Å²) in [5, 5.41) is 2.76. The fraction of sp³-hybridized carbons (Fsp3) is 0.167. The normalized spacial score (nSPS) is 10.8. The molecule has 0 saturated heterocycles. The number of aromatic amines is 1. The number of amides is 1. The van der Waals surface area contributed by atoms with Crippen LogP contribution in [0.4, 0.5) is 0 Å². The molecule has 5 heteroatoms. The summed E-state index contributed by atoms with van der Waals surface area (Å²) in [5.74, 6) is 1.37. The lowest BCUT2D eigenvalue weighted by atomic mass is 10.3. The number of hydrogen-bond donors (Lipinski definition) is 2. The molecule has 2 rings (SSSR count). The molecule has 2 heterocycles. The average Bonchev–Trinajstić information content (AvgIpc) is 2.99. The molecule has 17 heavy (non-hydrogen) atoms. The fourth-order valence-corrected chi connectivity index (χ4v) is 1.34. The number of H-pyrrole nitrogens is 1. The highest BCUT2D eigenvalue weighted by Gasteiger charge is 1.97. The summed E-state index contributed by atoms with van der Waals surface area (Å²) in [5.41, 5.74) is 0. The minimum atomic E-state index is -0.145. The van der Waals surface area contributed by atoms with Gasteiger partial charge in [-0.05, 0) is 18.2 Å². The van der Waals surface area contributed by atoms with E-state index in [1.165, 1.54) is 6.08 Å². The van der Waals surface area contributed by atoms with Crippen molar-refractivity contribution in [1.29, 1.82) is 0 Å². The average molecular weight is 231 g/mol. The zero-order chi connectivity index (χ0) is 11.9. The molecule has 0 spiro atoms. The van der Waals surface area contributed by atoms with Crippen molar-refractivity contribution in [2.75, 3.05) is 6.54 Å². The Balaban J connectivity index is 1.71. The number of furan rings is 1. The van der Waals surface area contributed by atoms with Crippen LogP contribution in [-0.4, -0.2) is 22.4 Å². The first-order valence-corrected chi connectivity index (χ1v) is 5.32. The van der Waals surface area contributed by atoms with E-state index in [2.05, 4.69) is 15.3 Å². The van der Waals surface area contributed by atoms with Gasteiger partial charge in [0.1, 0.15) is 11.6 Å². The van der Waals surface area contributed by atoms with Crippen molar-refractivity contribution in [3.8, 4) is 0 Å². The van der Waals surface area contributed by atoms with E-state index in [1.54, 1.807) is 36.9 Å². The lowest BCUT2D eigenvalue weighted by molar-refractivity contribution is -0.116. The number of carbonyl (C=O) groups excluding carboxylic acids is 1. The summed E-state index contributed by atoms with van der Waals surface area (Å²) in [6.45, 7) is 0.550. The van der Waals surface area contributed by atoms with Crippen molar-refractivity contribution in [3.05, 3.63) is 48.5 Å². The molecule has 0 aromatic carbocycles. The van der Waals surface area contributed by atoms with Gasteiger partial charge in [-0.15, -0.1) is 0 Å². The molecule has 0 aliphatic rings. The third kappa shape index (κ3) is 3.64. The van der Waals surface area contributed by atoms with Gasteiger partial charge in [0.05, 0.1) is 6.26 Å². The van der Waals surface area contributed by atoms with E-state index in [4.69, 9.17) is 4.42 Å².